The number of aliphatic hydroxyl groups excluding tert-OH is 1. The average molecular weight is 304 g/mol. The van der Waals surface area contributed by atoms with Gasteiger partial charge in [-0.3, -0.25) is 4.79 Å². The molecule has 4 nitrogen and oxygen atoms in total. The van der Waals surface area contributed by atoms with Crippen molar-refractivity contribution in [2.45, 2.75) is 45.3 Å². The van der Waals surface area contributed by atoms with E-state index < -0.39 is 6.10 Å². The van der Waals surface area contributed by atoms with Gasteiger partial charge in [-0.15, -0.1) is 0 Å². The lowest BCUT2D eigenvalue weighted by atomic mass is 9.93. The second-order valence-electron chi connectivity index (χ2n) is 6.45. The fraction of sp³-hybridized carbons (Fsp3) is 0.611. The van der Waals surface area contributed by atoms with Crippen molar-refractivity contribution in [1.82, 2.24) is 10.2 Å². The van der Waals surface area contributed by atoms with Gasteiger partial charge < -0.3 is 15.3 Å². The standard InChI is InChI=1S/C18H28N2O2/c1-14(2)17(18(22)15-9-5-3-6-10-15)19-13-16(21)20-11-7-4-8-12-20/h3,5-6,9-10,14,17-19,22H,4,7-8,11-13H2,1-2H3/t17-,18-/m0/s1. The first kappa shape index (κ1) is 17.0. The molecule has 1 aliphatic rings. The third kappa shape index (κ3) is 4.55. The van der Waals surface area contributed by atoms with Gasteiger partial charge in [0.25, 0.3) is 0 Å². The number of rotatable bonds is 6. The van der Waals surface area contributed by atoms with Gasteiger partial charge in [0, 0.05) is 19.1 Å². The first-order valence-electron chi connectivity index (χ1n) is 8.33. The zero-order valence-corrected chi connectivity index (χ0v) is 13.7. The minimum Gasteiger partial charge on any atom is -0.387 e. The third-order valence-electron chi connectivity index (χ3n) is 4.40. The summed E-state index contributed by atoms with van der Waals surface area (Å²) in [6.07, 6.45) is 2.83. The number of nitrogens with one attached hydrogen (secondary N) is 1. The van der Waals surface area contributed by atoms with E-state index in [-0.39, 0.29) is 17.9 Å². The van der Waals surface area contributed by atoms with Gasteiger partial charge in [0.05, 0.1) is 12.6 Å². The van der Waals surface area contributed by atoms with E-state index in [1.54, 1.807) is 0 Å². The highest BCUT2D eigenvalue weighted by Gasteiger charge is 2.25. The number of amides is 1. The zero-order chi connectivity index (χ0) is 15.9. The highest BCUT2D eigenvalue weighted by Crippen LogP contribution is 2.21. The second-order valence-corrected chi connectivity index (χ2v) is 6.45. The Kier molecular flexibility index (Phi) is 6.40. The molecular formula is C18H28N2O2. The Balaban J connectivity index is 1.92. The lowest BCUT2D eigenvalue weighted by Gasteiger charge is -2.31. The number of nitrogens with zero attached hydrogens (tertiary/aromatic N) is 1. The predicted octanol–water partition coefficient (Wildman–Crippen LogP) is 2.35. The van der Waals surface area contributed by atoms with Gasteiger partial charge in [-0.05, 0) is 30.7 Å². The summed E-state index contributed by atoms with van der Waals surface area (Å²) in [7, 11) is 0. The predicted molar refractivity (Wildman–Crippen MR) is 88.5 cm³/mol. The van der Waals surface area contributed by atoms with Crippen LogP contribution < -0.4 is 5.32 Å². The van der Waals surface area contributed by atoms with Crippen molar-refractivity contribution in [3.8, 4) is 0 Å². The van der Waals surface area contributed by atoms with Gasteiger partial charge in [-0.25, -0.2) is 0 Å². The van der Waals surface area contributed by atoms with Gasteiger partial charge in [0.2, 0.25) is 5.91 Å². The number of carbonyl (C=O) groups is 1. The lowest BCUT2D eigenvalue weighted by molar-refractivity contribution is -0.131. The summed E-state index contributed by atoms with van der Waals surface area (Å²) in [5.41, 5.74) is 0.888. The molecule has 0 radical (unpaired) electrons. The van der Waals surface area contributed by atoms with Crippen LogP contribution in [0.4, 0.5) is 0 Å². The van der Waals surface area contributed by atoms with E-state index in [1.807, 2.05) is 35.2 Å². The van der Waals surface area contributed by atoms with E-state index in [2.05, 4.69) is 19.2 Å². The lowest BCUT2D eigenvalue weighted by Crippen LogP contribution is -2.47. The largest absolute Gasteiger partial charge is 0.387 e. The van der Waals surface area contributed by atoms with Crippen LogP contribution in [0.3, 0.4) is 0 Å². The number of benzene rings is 1. The Bertz CT molecular complexity index is 455. The molecule has 2 N–H and O–H groups in total. The Morgan fingerprint density at radius 1 is 1.18 bits per heavy atom. The number of carbonyl (C=O) groups excluding carboxylic acids is 1. The molecule has 1 heterocycles. The molecule has 1 amide bonds. The molecule has 0 bridgehead atoms. The summed E-state index contributed by atoms with van der Waals surface area (Å²) in [4.78, 5) is 14.2. The van der Waals surface area contributed by atoms with E-state index in [9.17, 15) is 9.90 Å². The Morgan fingerprint density at radius 2 is 1.82 bits per heavy atom. The van der Waals surface area contributed by atoms with Crippen molar-refractivity contribution in [3.63, 3.8) is 0 Å². The second kappa shape index (κ2) is 8.30. The van der Waals surface area contributed by atoms with Crippen molar-refractivity contribution in [1.29, 1.82) is 0 Å². The molecule has 1 fully saturated rings. The van der Waals surface area contributed by atoms with Crippen LogP contribution in [-0.2, 0) is 4.79 Å². The molecule has 1 aromatic rings. The first-order chi connectivity index (χ1) is 10.6. The van der Waals surface area contributed by atoms with Crippen molar-refractivity contribution in [2.75, 3.05) is 19.6 Å². The quantitative estimate of drug-likeness (QED) is 0.848. The fourth-order valence-electron chi connectivity index (χ4n) is 3.03. The number of aliphatic hydroxyl groups is 1. The molecule has 2 atom stereocenters. The van der Waals surface area contributed by atoms with Gasteiger partial charge in [-0.1, -0.05) is 44.2 Å². The smallest absolute Gasteiger partial charge is 0.236 e. The molecule has 4 heteroatoms. The molecule has 122 valence electrons. The number of piperidine rings is 1. The molecule has 2 rings (SSSR count). The molecule has 0 saturated carbocycles. The van der Waals surface area contributed by atoms with Crippen LogP contribution in [0.1, 0.15) is 44.8 Å². The summed E-state index contributed by atoms with van der Waals surface area (Å²) < 4.78 is 0. The van der Waals surface area contributed by atoms with Gasteiger partial charge >= 0.3 is 0 Å². The SMILES string of the molecule is CC(C)[C@H](NCC(=O)N1CCCCC1)[C@@H](O)c1ccccc1. The van der Waals surface area contributed by atoms with Crippen LogP contribution >= 0.6 is 0 Å². The summed E-state index contributed by atoms with van der Waals surface area (Å²) in [5.74, 6) is 0.384. The van der Waals surface area contributed by atoms with Gasteiger partial charge in [0.1, 0.15) is 0 Å². The van der Waals surface area contributed by atoms with Crippen molar-refractivity contribution in [2.24, 2.45) is 5.92 Å². The normalized spacial score (nSPS) is 18.3. The van der Waals surface area contributed by atoms with E-state index >= 15 is 0 Å². The summed E-state index contributed by atoms with van der Waals surface area (Å²) in [6.45, 7) is 6.17. The average Bonchev–Trinajstić information content (AvgIpc) is 2.56. The van der Waals surface area contributed by atoms with E-state index in [4.69, 9.17) is 0 Å². The summed E-state index contributed by atoms with van der Waals surface area (Å²) in [6, 6.07) is 9.51. The molecule has 22 heavy (non-hydrogen) atoms. The highest BCUT2D eigenvalue weighted by molar-refractivity contribution is 5.78. The molecular weight excluding hydrogens is 276 g/mol. The topological polar surface area (TPSA) is 52.6 Å². The van der Waals surface area contributed by atoms with Gasteiger partial charge in [0.15, 0.2) is 0 Å². The third-order valence-corrected chi connectivity index (χ3v) is 4.40. The van der Waals surface area contributed by atoms with E-state index in [1.165, 1.54) is 6.42 Å². The van der Waals surface area contributed by atoms with Crippen LogP contribution in [0, 0.1) is 5.92 Å². The Hall–Kier alpha value is -1.39. The minimum atomic E-state index is -0.602. The maximum Gasteiger partial charge on any atom is 0.236 e. The van der Waals surface area contributed by atoms with E-state index in [0.29, 0.717) is 6.54 Å². The highest BCUT2D eigenvalue weighted by atomic mass is 16.3. The molecule has 0 aromatic heterocycles. The van der Waals surface area contributed by atoms with E-state index in [0.717, 1.165) is 31.5 Å². The molecule has 1 aromatic carbocycles. The maximum atomic E-state index is 12.3. The molecule has 1 aliphatic heterocycles. The fourth-order valence-corrected chi connectivity index (χ4v) is 3.03. The van der Waals surface area contributed by atoms with Crippen LogP contribution in [0.5, 0.6) is 0 Å². The number of hydrogen-bond acceptors (Lipinski definition) is 3. The maximum absolute atomic E-state index is 12.3. The minimum absolute atomic E-state index is 0.129. The van der Waals surface area contributed by atoms with Crippen LogP contribution in [0.2, 0.25) is 0 Å². The Morgan fingerprint density at radius 3 is 2.41 bits per heavy atom. The zero-order valence-electron chi connectivity index (χ0n) is 13.7. The van der Waals surface area contributed by atoms with Gasteiger partial charge in [-0.2, -0.15) is 0 Å². The molecule has 1 saturated heterocycles. The van der Waals surface area contributed by atoms with Crippen molar-refractivity contribution in [3.05, 3.63) is 35.9 Å². The number of likely N-dealkylation sites (tertiary alicyclic amines) is 1. The van der Waals surface area contributed by atoms with Crippen LogP contribution in [-0.4, -0.2) is 41.6 Å². The van der Waals surface area contributed by atoms with Crippen LogP contribution in [0.25, 0.3) is 0 Å². The van der Waals surface area contributed by atoms with Crippen molar-refractivity contribution >= 4 is 5.91 Å². The molecule has 0 unspecified atom stereocenters. The monoisotopic (exact) mass is 304 g/mol. The first-order valence-corrected chi connectivity index (χ1v) is 8.33. The Labute approximate surface area is 133 Å². The summed E-state index contributed by atoms with van der Waals surface area (Å²) >= 11 is 0. The molecule has 0 spiro atoms. The molecule has 0 aliphatic carbocycles. The number of hydrogen-bond donors (Lipinski definition) is 2. The van der Waals surface area contributed by atoms with Crippen molar-refractivity contribution < 1.29 is 9.90 Å². The van der Waals surface area contributed by atoms with Crippen LogP contribution in [0.15, 0.2) is 30.3 Å². The summed E-state index contributed by atoms with van der Waals surface area (Å²) in [5, 5.41) is 13.9.